The van der Waals surface area contributed by atoms with Crippen LogP contribution in [-0.4, -0.2) is 38.9 Å². The van der Waals surface area contributed by atoms with E-state index in [-0.39, 0.29) is 17.9 Å². The van der Waals surface area contributed by atoms with Crippen LogP contribution in [0.3, 0.4) is 0 Å². The van der Waals surface area contributed by atoms with Gasteiger partial charge in [0.1, 0.15) is 11.3 Å². The Balaban J connectivity index is 1.32. The highest BCUT2D eigenvalue weighted by Crippen LogP contribution is 2.35. The molecule has 1 aliphatic rings. The molecule has 0 bridgehead atoms. The minimum absolute atomic E-state index is 0.0230. The lowest BCUT2D eigenvalue weighted by Gasteiger charge is -2.28. The summed E-state index contributed by atoms with van der Waals surface area (Å²) in [6.07, 6.45) is 5.53. The molecule has 0 unspecified atom stereocenters. The van der Waals surface area contributed by atoms with E-state index < -0.39 is 0 Å². The molecular weight excluding hydrogens is 458 g/mol. The Hall–Kier alpha value is -4.47. The zero-order chi connectivity index (χ0) is 25.1. The number of anilines is 3. The van der Waals surface area contributed by atoms with Gasteiger partial charge in [-0.2, -0.15) is 0 Å². The van der Waals surface area contributed by atoms with Gasteiger partial charge in [0.25, 0.3) is 0 Å². The zero-order valence-corrected chi connectivity index (χ0v) is 19.8. The second kappa shape index (κ2) is 10.0. The van der Waals surface area contributed by atoms with Crippen molar-refractivity contribution in [3.05, 3.63) is 54.9 Å². The molecule has 2 aromatic heterocycles. The highest BCUT2D eigenvalue weighted by molar-refractivity contribution is 5.92. The zero-order valence-electron chi connectivity index (χ0n) is 19.8. The van der Waals surface area contributed by atoms with Crippen molar-refractivity contribution in [1.82, 2.24) is 19.5 Å². The smallest absolute Gasteiger partial charge is 0.227 e. The van der Waals surface area contributed by atoms with Gasteiger partial charge in [-0.3, -0.25) is 9.59 Å². The number of nitrogen functional groups attached to an aromatic ring is 1. The van der Waals surface area contributed by atoms with Crippen molar-refractivity contribution in [3.63, 3.8) is 0 Å². The number of nitrogens with zero attached hydrogens (tertiary/aromatic N) is 4. The average molecular weight is 486 g/mol. The monoisotopic (exact) mass is 485 g/mol. The van der Waals surface area contributed by atoms with E-state index in [0.29, 0.717) is 40.7 Å². The molecular formula is C26H27N7O3. The number of carbonyl (C=O) groups excluding carboxylic acids is 2. The van der Waals surface area contributed by atoms with Crippen LogP contribution in [0.2, 0.25) is 0 Å². The summed E-state index contributed by atoms with van der Waals surface area (Å²) in [7, 11) is 1.60. The first-order valence-corrected chi connectivity index (χ1v) is 11.8. The van der Waals surface area contributed by atoms with Gasteiger partial charge < -0.3 is 25.7 Å². The number of nitrogens with one attached hydrogen (secondary N) is 2. The summed E-state index contributed by atoms with van der Waals surface area (Å²) >= 11 is 0. The molecule has 5 rings (SSSR count). The minimum atomic E-state index is -0.0643. The number of aromatic nitrogens is 4. The van der Waals surface area contributed by atoms with Crippen LogP contribution in [0.25, 0.3) is 22.6 Å². The lowest BCUT2D eigenvalue weighted by Crippen LogP contribution is -2.28. The molecule has 184 valence electrons. The Labute approximate surface area is 207 Å². The van der Waals surface area contributed by atoms with Gasteiger partial charge in [-0.25, -0.2) is 15.0 Å². The molecule has 0 saturated heterocycles. The normalized spacial score (nSPS) is 17.5. The molecule has 2 aromatic carbocycles. The van der Waals surface area contributed by atoms with E-state index in [0.717, 1.165) is 36.9 Å². The molecule has 4 aromatic rings. The molecule has 1 fully saturated rings. The summed E-state index contributed by atoms with van der Waals surface area (Å²) in [5.74, 6) is 1.42. The number of fused-ring (bicyclic) bond motifs is 1. The number of amides is 2. The fourth-order valence-corrected chi connectivity index (χ4v) is 4.71. The number of nitrogens with two attached hydrogens (primary N) is 1. The maximum absolute atomic E-state index is 12.9. The lowest BCUT2D eigenvalue weighted by atomic mass is 9.85. The van der Waals surface area contributed by atoms with E-state index >= 15 is 0 Å². The molecule has 0 aliphatic heterocycles. The number of benzene rings is 2. The van der Waals surface area contributed by atoms with E-state index in [9.17, 15) is 9.59 Å². The first kappa shape index (κ1) is 23.3. The van der Waals surface area contributed by atoms with Gasteiger partial charge in [0.15, 0.2) is 17.3 Å². The molecule has 0 atom stereocenters. The Morgan fingerprint density at radius 3 is 2.64 bits per heavy atom. The number of rotatable bonds is 7. The Bertz CT molecular complexity index is 1410. The van der Waals surface area contributed by atoms with E-state index in [1.807, 2.05) is 41.0 Å². The molecule has 1 saturated carbocycles. The van der Waals surface area contributed by atoms with Crippen molar-refractivity contribution in [1.29, 1.82) is 0 Å². The number of methoxy groups -OCH3 is 1. The summed E-state index contributed by atoms with van der Waals surface area (Å²) in [6.45, 7) is 0. The summed E-state index contributed by atoms with van der Waals surface area (Å²) < 4.78 is 7.28. The van der Waals surface area contributed by atoms with Gasteiger partial charge in [-0.05, 0) is 49.9 Å². The number of ether oxygens (including phenoxy) is 1. The van der Waals surface area contributed by atoms with E-state index in [1.165, 1.54) is 0 Å². The molecule has 36 heavy (non-hydrogen) atoms. The second-order valence-corrected chi connectivity index (χ2v) is 8.83. The maximum Gasteiger partial charge on any atom is 0.227 e. The van der Waals surface area contributed by atoms with Gasteiger partial charge in [0, 0.05) is 35.0 Å². The van der Waals surface area contributed by atoms with Crippen LogP contribution >= 0.6 is 0 Å². The fourth-order valence-electron chi connectivity index (χ4n) is 4.71. The van der Waals surface area contributed by atoms with Crippen LogP contribution in [-0.2, 0) is 9.59 Å². The third kappa shape index (κ3) is 4.70. The molecule has 4 N–H and O–H groups in total. The van der Waals surface area contributed by atoms with Gasteiger partial charge in [-0.1, -0.05) is 18.2 Å². The standard InChI is InChI=1S/C26H27N7O3/c1-36-21-7-3-6-19(13-21)30-26(35)16-8-10-20(11-9-16)33-14-28-22-23(27)31-24(32-25(22)33)17-4-2-5-18(12-17)29-15-34/h2-7,12-16,20H,8-11H2,1H3,(H,29,34)(H,30,35)(H2,27,31,32)/t16-,20+. The van der Waals surface area contributed by atoms with Crippen molar-refractivity contribution >= 4 is 40.7 Å². The molecule has 0 radical (unpaired) electrons. The summed E-state index contributed by atoms with van der Waals surface area (Å²) in [6, 6.07) is 14.8. The predicted octanol–water partition coefficient (Wildman–Crippen LogP) is 4.02. The molecule has 2 heterocycles. The van der Waals surface area contributed by atoms with E-state index in [1.54, 1.807) is 25.6 Å². The molecule has 0 spiro atoms. The molecule has 1 aliphatic carbocycles. The predicted molar refractivity (Wildman–Crippen MR) is 137 cm³/mol. The highest BCUT2D eigenvalue weighted by Gasteiger charge is 2.28. The first-order chi connectivity index (χ1) is 17.6. The van der Waals surface area contributed by atoms with Crippen molar-refractivity contribution in [3.8, 4) is 17.1 Å². The van der Waals surface area contributed by atoms with Crippen molar-refractivity contribution in [2.24, 2.45) is 5.92 Å². The summed E-state index contributed by atoms with van der Waals surface area (Å²) in [5.41, 5.74) is 9.56. The van der Waals surface area contributed by atoms with Gasteiger partial charge in [0.2, 0.25) is 12.3 Å². The SMILES string of the molecule is COc1cccc(NC(=O)[C@H]2CC[C@@H](n3cnc4c(N)nc(-c5cccc(NC=O)c5)nc43)CC2)c1. The Kier molecular flexibility index (Phi) is 6.48. The van der Waals surface area contributed by atoms with E-state index in [2.05, 4.69) is 20.6 Å². The van der Waals surface area contributed by atoms with Crippen LogP contribution in [0.15, 0.2) is 54.9 Å². The van der Waals surface area contributed by atoms with Crippen LogP contribution in [0.1, 0.15) is 31.7 Å². The van der Waals surface area contributed by atoms with Crippen LogP contribution in [0, 0.1) is 5.92 Å². The maximum atomic E-state index is 12.9. The van der Waals surface area contributed by atoms with Crippen LogP contribution in [0.5, 0.6) is 5.75 Å². The largest absolute Gasteiger partial charge is 0.497 e. The Morgan fingerprint density at radius 1 is 1.08 bits per heavy atom. The van der Waals surface area contributed by atoms with Crippen molar-refractivity contribution in [2.75, 3.05) is 23.5 Å². The van der Waals surface area contributed by atoms with Crippen LogP contribution in [0.4, 0.5) is 17.2 Å². The highest BCUT2D eigenvalue weighted by atomic mass is 16.5. The number of imidazole rings is 1. The Morgan fingerprint density at radius 2 is 1.86 bits per heavy atom. The van der Waals surface area contributed by atoms with E-state index in [4.69, 9.17) is 15.5 Å². The third-order valence-electron chi connectivity index (χ3n) is 6.59. The number of hydrogen-bond acceptors (Lipinski definition) is 7. The summed E-state index contributed by atoms with van der Waals surface area (Å²) in [4.78, 5) is 37.3. The van der Waals surface area contributed by atoms with Crippen molar-refractivity contribution < 1.29 is 14.3 Å². The van der Waals surface area contributed by atoms with Crippen LogP contribution < -0.4 is 21.1 Å². The minimum Gasteiger partial charge on any atom is -0.497 e. The number of hydrogen-bond donors (Lipinski definition) is 3. The lowest BCUT2D eigenvalue weighted by molar-refractivity contribution is -0.121. The topological polar surface area (TPSA) is 137 Å². The number of carbonyl (C=O) groups is 2. The first-order valence-electron chi connectivity index (χ1n) is 11.8. The quantitative estimate of drug-likeness (QED) is 0.336. The third-order valence-corrected chi connectivity index (χ3v) is 6.59. The molecule has 2 amide bonds. The summed E-state index contributed by atoms with van der Waals surface area (Å²) in [5, 5.41) is 5.65. The second-order valence-electron chi connectivity index (χ2n) is 8.83. The fraction of sp³-hybridized carbons (Fsp3) is 0.269. The average Bonchev–Trinajstić information content (AvgIpc) is 3.34. The molecule has 10 nitrogen and oxygen atoms in total. The van der Waals surface area contributed by atoms with Crippen molar-refractivity contribution in [2.45, 2.75) is 31.7 Å². The van der Waals surface area contributed by atoms with Gasteiger partial charge >= 0.3 is 0 Å². The molecule has 10 heteroatoms. The van der Waals surface area contributed by atoms with Gasteiger partial charge in [-0.15, -0.1) is 0 Å². The van der Waals surface area contributed by atoms with Gasteiger partial charge in [0.05, 0.1) is 13.4 Å².